The molecule has 4 heteroatoms. The second-order valence-electron chi connectivity index (χ2n) is 4.76. The third kappa shape index (κ3) is 2.88. The van der Waals surface area contributed by atoms with Crippen LogP contribution in [0.5, 0.6) is 11.5 Å². The van der Waals surface area contributed by atoms with Crippen molar-refractivity contribution >= 4 is 5.69 Å². The highest BCUT2D eigenvalue weighted by molar-refractivity contribution is 5.62. The van der Waals surface area contributed by atoms with E-state index in [9.17, 15) is 0 Å². The Morgan fingerprint density at radius 3 is 2.67 bits per heavy atom. The molecule has 1 heterocycles. The number of nitrogens with one attached hydrogen (secondary N) is 2. The first-order valence-electron chi connectivity index (χ1n) is 6.41. The van der Waals surface area contributed by atoms with Crippen molar-refractivity contribution in [3.8, 4) is 11.5 Å². The average molecular weight is 250 g/mol. The Morgan fingerprint density at radius 1 is 1.28 bits per heavy atom. The van der Waals surface area contributed by atoms with E-state index in [2.05, 4.69) is 10.6 Å². The number of anilines is 1. The Balaban J connectivity index is 2.09. The van der Waals surface area contributed by atoms with E-state index in [4.69, 9.17) is 9.47 Å². The predicted molar refractivity (Wildman–Crippen MR) is 73.7 cm³/mol. The Bertz CT molecular complexity index is 401. The van der Waals surface area contributed by atoms with Gasteiger partial charge in [0.1, 0.15) is 11.5 Å². The molecule has 0 bridgehead atoms. The van der Waals surface area contributed by atoms with Crippen LogP contribution in [-0.2, 0) is 0 Å². The summed E-state index contributed by atoms with van der Waals surface area (Å²) in [5.74, 6) is 2.46. The van der Waals surface area contributed by atoms with E-state index in [1.165, 1.54) is 6.42 Å². The summed E-state index contributed by atoms with van der Waals surface area (Å²) in [5, 5.41) is 6.84. The van der Waals surface area contributed by atoms with E-state index in [0.29, 0.717) is 5.92 Å². The second kappa shape index (κ2) is 5.96. The third-order valence-corrected chi connectivity index (χ3v) is 3.46. The van der Waals surface area contributed by atoms with Crippen LogP contribution < -0.4 is 20.1 Å². The standard InChI is InChI=1S/C14H22N2O2/c1-10-6-14(18-3)12(7-13(10)17-2)16-9-11-4-5-15-8-11/h6-7,11,15-16H,4-5,8-9H2,1-3H3. The maximum Gasteiger partial charge on any atom is 0.142 e. The second-order valence-corrected chi connectivity index (χ2v) is 4.76. The Labute approximate surface area is 109 Å². The van der Waals surface area contributed by atoms with E-state index >= 15 is 0 Å². The molecule has 2 N–H and O–H groups in total. The summed E-state index contributed by atoms with van der Waals surface area (Å²) in [6, 6.07) is 4.02. The molecule has 1 aromatic carbocycles. The number of benzene rings is 1. The normalized spacial score (nSPS) is 18.7. The molecule has 4 nitrogen and oxygen atoms in total. The molecule has 0 aromatic heterocycles. The van der Waals surface area contributed by atoms with Gasteiger partial charge in [0, 0.05) is 12.6 Å². The largest absolute Gasteiger partial charge is 0.496 e. The van der Waals surface area contributed by atoms with Gasteiger partial charge in [0.15, 0.2) is 0 Å². The summed E-state index contributed by atoms with van der Waals surface area (Å²) < 4.78 is 10.8. The highest BCUT2D eigenvalue weighted by Gasteiger charge is 2.15. The number of ether oxygens (including phenoxy) is 2. The monoisotopic (exact) mass is 250 g/mol. The zero-order chi connectivity index (χ0) is 13.0. The van der Waals surface area contributed by atoms with Gasteiger partial charge in [0.2, 0.25) is 0 Å². The summed E-state index contributed by atoms with van der Waals surface area (Å²) in [6.45, 7) is 5.21. The van der Waals surface area contributed by atoms with Gasteiger partial charge in [-0.3, -0.25) is 0 Å². The lowest BCUT2D eigenvalue weighted by Crippen LogP contribution is -2.17. The van der Waals surface area contributed by atoms with Gasteiger partial charge in [-0.25, -0.2) is 0 Å². The molecule has 1 unspecified atom stereocenters. The average Bonchev–Trinajstić information content (AvgIpc) is 2.90. The topological polar surface area (TPSA) is 42.5 Å². The summed E-state index contributed by atoms with van der Waals surface area (Å²) in [6.07, 6.45) is 1.23. The fraction of sp³-hybridized carbons (Fsp3) is 0.571. The van der Waals surface area contributed by atoms with Gasteiger partial charge in [-0.05, 0) is 44.0 Å². The zero-order valence-electron chi connectivity index (χ0n) is 11.4. The molecule has 0 amide bonds. The molecule has 0 spiro atoms. The number of hydrogen-bond acceptors (Lipinski definition) is 4. The van der Waals surface area contributed by atoms with Crippen LogP contribution in [0.15, 0.2) is 12.1 Å². The molecule has 1 aliphatic heterocycles. The highest BCUT2D eigenvalue weighted by Crippen LogP contribution is 2.32. The van der Waals surface area contributed by atoms with Crippen LogP contribution in [0.2, 0.25) is 0 Å². The van der Waals surface area contributed by atoms with E-state index in [0.717, 1.165) is 42.4 Å². The summed E-state index contributed by atoms with van der Waals surface area (Å²) in [4.78, 5) is 0. The van der Waals surface area contributed by atoms with Crippen LogP contribution in [-0.4, -0.2) is 33.9 Å². The Kier molecular flexibility index (Phi) is 4.31. The molecule has 0 aliphatic carbocycles. The number of rotatable bonds is 5. The smallest absolute Gasteiger partial charge is 0.142 e. The number of methoxy groups -OCH3 is 2. The lowest BCUT2D eigenvalue weighted by molar-refractivity contribution is 0.401. The van der Waals surface area contributed by atoms with E-state index < -0.39 is 0 Å². The van der Waals surface area contributed by atoms with Gasteiger partial charge in [0.05, 0.1) is 19.9 Å². The van der Waals surface area contributed by atoms with E-state index in [1.54, 1.807) is 14.2 Å². The molecule has 2 rings (SSSR count). The van der Waals surface area contributed by atoms with E-state index in [1.807, 2.05) is 19.1 Å². The van der Waals surface area contributed by atoms with Crippen molar-refractivity contribution in [1.82, 2.24) is 5.32 Å². The van der Waals surface area contributed by atoms with Crippen molar-refractivity contribution in [1.29, 1.82) is 0 Å². The van der Waals surface area contributed by atoms with Crippen molar-refractivity contribution in [2.45, 2.75) is 13.3 Å². The molecule has 1 saturated heterocycles. The van der Waals surface area contributed by atoms with Gasteiger partial charge in [-0.2, -0.15) is 0 Å². The van der Waals surface area contributed by atoms with Gasteiger partial charge in [-0.1, -0.05) is 0 Å². The number of hydrogen-bond donors (Lipinski definition) is 2. The summed E-state index contributed by atoms with van der Waals surface area (Å²) in [5.41, 5.74) is 2.09. The molecule has 0 saturated carbocycles. The molecule has 1 fully saturated rings. The minimum Gasteiger partial charge on any atom is -0.496 e. The lowest BCUT2D eigenvalue weighted by Gasteiger charge is -2.16. The SMILES string of the molecule is COc1cc(NCC2CCNC2)c(OC)cc1C. The van der Waals surface area contributed by atoms with Crippen LogP contribution in [0.4, 0.5) is 5.69 Å². The zero-order valence-corrected chi connectivity index (χ0v) is 11.4. The van der Waals surface area contributed by atoms with Crippen molar-refractivity contribution < 1.29 is 9.47 Å². The van der Waals surface area contributed by atoms with Crippen LogP contribution in [0.25, 0.3) is 0 Å². The van der Waals surface area contributed by atoms with Crippen molar-refractivity contribution in [2.75, 3.05) is 39.2 Å². The van der Waals surface area contributed by atoms with Gasteiger partial charge < -0.3 is 20.1 Å². The van der Waals surface area contributed by atoms with Gasteiger partial charge in [0.25, 0.3) is 0 Å². The maximum absolute atomic E-state index is 5.41. The van der Waals surface area contributed by atoms with Crippen molar-refractivity contribution in [2.24, 2.45) is 5.92 Å². The molecule has 0 radical (unpaired) electrons. The maximum atomic E-state index is 5.41. The molecular formula is C14H22N2O2. The first kappa shape index (κ1) is 13.0. The predicted octanol–water partition coefficient (Wildman–Crippen LogP) is 2.03. The van der Waals surface area contributed by atoms with Crippen LogP contribution >= 0.6 is 0 Å². The minimum atomic E-state index is 0.696. The minimum absolute atomic E-state index is 0.696. The van der Waals surface area contributed by atoms with Crippen molar-refractivity contribution in [3.63, 3.8) is 0 Å². The first-order chi connectivity index (χ1) is 8.74. The van der Waals surface area contributed by atoms with Crippen LogP contribution in [0, 0.1) is 12.8 Å². The Hall–Kier alpha value is -1.42. The molecule has 1 atom stereocenters. The van der Waals surface area contributed by atoms with E-state index in [-0.39, 0.29) is 0 Å². The van der Waals surface area contributed by atoms with Gasteiger partial charge in [-0.15, -0.1) is 0 Å². The lowest BCUT2D eigenvalue weighted by atomic mass is 10.1. The quantitative estimate of drug-likeness (QED) is 0.839. The molecule has 1 aliphatic rings. The summed E-state index contributed by atoms with van der Waals surface area (Å²) >= 11 is 0. The molecule has 18 heavy (non-hydrogen) atoms. The van der Waals surface area contributed by atoms with Crippen molar-refractivity contribution in [3.05, 3.63) is 17.7 Å². The Morgan fingerprint density at radius 2 is 2.06 bits per heavy atom. The first-order valence-corrected chi connectivity index (χ1v) is 6.41. The fourth-order valence-corrected chi connectivity index (χ4v) is 2.33. The molecule has 100 valence electrons. The number of aryl methyl sites for hydroxylation is 1. The van der Waals surface area contributed by atoms with Gasteiger partial charge >= 0.3 is 0 Å². The van der Waals surface area contributed by atoms with Crippen LogP contribution in [0.1, 0.15) is 12.0 Å². The molecule has 1 aromatic rings. The fourth-order valence-electron chi connectivity index (χ4n) is 2.33. The summed E-state index contributed by atoms with van der Waals surface area (Å²) in [7, 11) is 3.39. The van der Waals surface area contributed by atoms with Crippen LogP contribution in [0.3, 0.4) is 0 Å². The third-order valence-electron chi connectivity index (χ3n) is 3.46. The highest BCUT2D eigenvalue weighted by atomic mass is 16.5. The molecular weight excluding hydrogens is 228 g/mol.